The molecule has 0 aliphatic carbocycles. The lowest BCUT2D eigenvalue weighted by Crippen LogP contribution is -2.06. The Bertz CT molecular complexity index is 299. The standard InChI is InChI=1S/C8H8FNO2/c9-7-3-1-2-6(4-7)8(5-11)10-12/h1-4,11-12H,5H2/b10-8+. The van der Waals surface area contributed by atoms with Gasteiger partial charge in [0.15, 0.2) is 0 Å². The number of hydrogen-bond acceptors (Lipinski definition) is 3. The first-order valence-corrected chi connectivity index (χ1v) is 3.35. The lowest BCUT2D eigenvalue weighted by atomic mass is 10.1. The van der Waals surface area contributed by atoms with E-state index in [4.69, 9.17) is 10.3 Å². The van der Waals surface area contributed by atoms with Crippen LogP contribution >= 0.6 is 0 Å². The molecule has 64 valence electrons. The van der Waals surface area contributed by atoms with E-state index >= 15 is 0 Å². The molecule has 1 aromatic rings. The summed E-state index contributed by atoms with van der Waals surface area (Å²) >= 11 is 0. The second kappa shape index (κ2) is 3.82. The predicted molar refractivity (Wildman–Crippen MR) is 41.8 cm³/mol. The zero-order valence-corrected chi connectivity index (χ0v) is 6.24. The van der Waals surface area contributed by atoms with Gasteiger partial charge in [0, 0.05) is 5.56 Å². The van der Waals surface area contributed by atoms with Crippen LogP contribution in [0.15, 0.2) is 29.4 Å². The zero-order chi connectivity index (χ0) is 8.97. The Morgan fingerprint density at radius 3 is 2.75 bits per heavy atom. The smallest absolute Gasteiger partial charge is 0.123 e. The maximum Gasteiger partial charge on any atom is 0.123 e. The minimum absolute atomic E-state index is 0.0505. The third-order valence-corrected chi connectivity index (χ3v) is 1.43. The number of aliphatic hydroxyl groups is 1. The largest absolute Gasteiger partial charge is 0.411 e. The van der Waals surface area contributed by atoms with Crippen molar-refractivity contribution in [1.29, 1.82) is 0 Å². The van der Waals surface area contributed by atoms with Gasteiger partial charge < -0.3 is 10.3 Å². The van der Waals surface area contributed by atoms with Gasteiger partial charge in [0.05, 0.1) is 6.61 Å². The minimum Gasteiger partial charge on any atom is -0.411 e. The van der Waals surface area contributed by atoms with Gasteiger partial charge in [-0.25, -0.2) is 4.39 Å². The average molecular weight is 169 g/mol. The van der Waals surface area contributed by atoms with Crippen LogP contribution in [0.1, 0.15) is 5.56 Å². The molecule has 0 saturated carbocycles. The number of rotatable bonds is 2. The molecule has 0 atom stereocenters. The van der Waals surface area contributed by atoms with E-state index in [-0.39, 0.29) is 5.71 Å². The van der Waals surface area contributed by atoms with Crippen molar-refractivity contribution in [1.82, 2.24) is 0 Å². The molecular weight excluding hydrogens is 161 g/mol. The first-order chi connectivity index (χ1) is 5.77. The summed E-state index contributed by atoms with van der Waals surface area (Å²) in [5.74, 6) is -0.429. The predicted octanol–water partition coefficient (Wildman–Crippen LogP) is 0.996. The molecule has 0 aliphatic rings. The van der Waals surface area contributed by atoms with Gasteiger partial charge in [-0.3, -0.25) is 0 Å². The lowest BCUT2D eigenvalue weighted by molar-refractivity contribution is 0.304. The molecule has 0 amide bonds. The highest BCUT2D eigenvalue weighted by Gasteiger charge is 2.02. The van der Waals surface area contributed by atoms with Crippen LogP contribution in [-0.2, 0) is 0 Å². The topological polar surface area (TPSA) is 52.8 Å². The summed E-state index contributed by atoms with van der Waals surface area (Å²) in [5.41, 5.74) is 0.425. The van der Waals surface area contributed by atoms with Crippen molar-refractivity contribution in [2.45, 2.75) is 0 Å². The van der Waals surface area contributed by atoms with E-state index in [1.54, 1.807) is 6.07 Å². The van der Waals surface area contributed by atoms with Crippen LogP contribution in [-0.4, -0.2) is 22.6 Å². The fourth-order valence-electron chi connectivity index (χ4n) is 0.849. The second-order valence-electron chi connectivity index (χ2n) is 2.22. The van der Waals surface area contributed by atoms with Crippen molar-refractivity contribution >= 4 is 5.71 Å². The van der Waals surface area contributed by atoms with Crippen molar-refractivity contribution in [2.75, 3.05) is 6.61 Å². The first kappa shape index (κ1) is 8.67. The Morgan fingerprint density at radius 2 is 2.25 bits per heavy atom. The summed E-state index contributed by atoms with van der Waals surface area (Å²) in [5, 5.41) is 19.9. The molecule has 3 nitrogen and oxygen atoms in total. The van der Waals surface area contributed by atoms with Crippen molar-refractivity contribution < 1.29 is 14.7 Å². The van der Waals surface area contributed by atoms with Crippen molar-refractivity contribution in [2.24, 2.45) is 5.16 Å². The summed E-state index contributed by atoms with van der Waals surface area (Å²) in [6.07, 6.45) is 0. The molecule has 0 bridgehead atoms. The van der Waals surface area contributed by atoms with Gasteiger partial charge in [0.2, 0.25) is 0 Å². The van der Waals surface area contributed by atoms with Gasteiger partial charge in [-0.15, -0.1) is 0 Å². The van der Waals surface area contributed by atoms with Gasteiger partial charge in [-0.05, 0) is 12.1 Å². The Balaban J connectivity index is 3.02. The van der Waals surface area contributed by atoms with E-state index in [9.17, 15) is 4.39 Å². The SMILES string of the molecule is OC/C(=N\O)c1cccc(F)c1. The number of benzene rings is 1. The molecule has 1 rings (SSSR count). The fraction of sp³-hybridized carbons (Fsp3) is 0.125. The quantitative estimate of drug-likeness (QED) is 0.394. The minimum atomic E-state index is -0.429. The van der Waals surface area contributed by atoms with E-state index < -0.39 is 12.4 Å². The molecule has 0 aliphatic heterocycles. The van der Waals surface area contributed by atoms with Gasteiger partial charge in [-0.2, -0.15) is 0 Å². The Morgan fingerprint density at radius 1 is 1.50 bits per heavy atom. The maximum atomic E-state index is 12.6. The fourth-order valence-corrected chi connectivity index (χ4v) is 0.849. The molecule has 0 aromatic heterocycles. The monoisotopic (exact) mass is 169 g/mol. The van der Waals surface area contributed by atoms with Gasteiger partial charge in [-0.1, -0.05) is 17.3 Å². The highest BCUT2D eigenvalue weighted by Crippen LogP contribution is 2.04. The zero-order valence-electron chi connectivity index (χ0n) is 6.24. The molecule has 1 aromatic carbocycles. The van der Waals surface area contributed by atoms with Gasteiger partial charge in [0.1, 0.15) is 11.5 Å². The van der Waals surface area contributed by atoms with Crippen LogP contribution < -0.4 is 0 Å². The highest BCUT2D eigenvalue weighted by molar-refractivity contribution is 6.00. The van der Waals surface area contributed by atoms with Crippen LogP contribution in [0.5, 0.6) is 0 Å². The van der Waals surface area contributed by atoms with E-state index in [0.717, 1.165) is 0 Å². The van der Waals surface area contributed by atoms with Crippen LogP contribution in [0.25, 0.3) is 0 Å². The third-order valence-electron chi connectivity index (χ3n) is 1.43. The maximum absolute atomic E-state index is 12.6. The Hall–Kier alpha value is -1.42. The van der Waals surface area contributed by atoms with Crippen LogP contribution in [0.4, 0.5) is 4.39 Å². The molecule has 0 saturated heterocycles. The number of halogens is 1. The number of oxime groups is 1. The molecule has 0 heterocycles. The normalized spacial score (nSPS) is 11.7. The molecular formula is C8H8FNO2. The van der Waals surface area contributed by atoms with E-state index in [1.165, 1.54) is 18.2 Å². The van der Waals surface area contributed by atoms with Crippen molar-refractivity contribution in [3.8, 4) is 0 Å². The summed E-state index contributed by atoms with van der Waals surface area (Å²) in [6, 6.07) is 5.49. The van der Waals surface area contributed by atoms with Crippen molar-refractivity contribution in [3.63, 3.8) is 0 Å². The van der Waals surface area contributed by atoms with E-state index in [1.807, 2.05) is 0 Å². The molecule has 0 fully saturated rings. The van der Waals surface area contributed by atoms with Gasteiger partial charge in [0.25, 0.3) is 0 Å². The van der Waals surface area contributed by atoms with Crippen LogP contribution in [0.3, 0.4) is 0 Å². The van der Waals surface area contributed by atoms with E-state index in [2.05, 4.69) is 5.16 Å². The van der Waals surface area contributed by atoms with Crippen LogP contribution in [0.2, 0.25) is 0 Å². The number of aliphatic hydroxyl groups excluding tert-OH is 1. The molecule has 0 radical (unpaired) electrons. The molecule has 4 heteroatoms. The average Bonchev–Trinajstić information content (AvgIpc) is 2.07. The number of hydrogen-bond donors (Lipinski definition) is 2. The lowest BCUT2D eigenvalue weighted by Gasteiger charge is -1.99. The first-order valence-electron chi connectivity index (χ1n) is 3.35. The Labute approximate surface area is 68.8 Å². The summed E-state index contributed by atoms with van der Waals surface area (Å²) in [4.78, 5) is 0. The number of nitrogens with zero attached hydrogens (tertiary/aromatic N) is 1. The molecule has 0 unspecified atom stereocenters. The van der Waals surface area contributed by atoms with Gasteiger partial charge >= 0.3 is 0 Å². The summed E-state index contributed by atoms with van der Waals surface area (Å²) < 4.78 is 12.6. The van der Waals surface area contributed by atoms with Crippen LogP contribution in [0, 0.1) is 5.82 Å². The van der Waals surface area contributed by atoms with E-state index in [0.29, 0.717) is 5.56 Å². The molecule has 0 spiro atoms. The Kier molecular flexibility index (Phi) is 2.76. The molecule has 12 heavy (non-hydrogen) atoms. The highest BCUT2D eigenvalue weighted by atomic mass is 19.1. The second-order valence-corrected chi connectivity index (χ2v) is 2.22. The third kappa shape index (κ3) is 1.79. The summed E-state index contributed by atoms with van der Waals surface area (Å²) in [7, 11) is 0. The molecule has 2 N–H and O–H groups in total. The summed E-state index contributed by atoms with van der Waals surface area (Å²) in [6.45, 7) is -0.417. The van der Waals surface area contributed by atoms with Crippen molar-refractivity contribution in [3.05, 3.63) is 35.6 Å².